The maximum Gasteiger partial charge on any atom is 0.287 e. The summed E-state index contributed by atoms with van der Waals surface area (Å²) < 4.78 is 11.2. The van der Waals surface area contributed by atoms with Crippen molar-refractivity contribution in [2.45, 2.75) is 27.0 Å². The summed E-state index contributed by atoms with van der Waals surface area (Å²) in [5.41, 5.74) is 3.42. The van der Waals surface area contributed by atoms with Crippen LogP contribution in [0.2, 0.25) is 5.02 Å². The molecule has 3 aromatic rings. The molecule has 1 amide bonds. The summed E-state index contributed by atoms with van der Waals surface area (Å²) >= 11 is 6.15. The average molecular weight is 358 g/mol. The van der Waals surface area contributed by atoms with Crippen molar-refractivity contribution >= 4 is 28.5 Å². The van der Waals surface area contributed by atoms with E-state index in [2.05, 4.69) is 5.32 Å². The van der Waals surface area contributed by atoms with Crippen LogP contribution in [0.15, 0.2) is 46.9 Å². The van der Waals surface area contributed by atoms with E-state index in [1.165, 1.54) is 0 Å². The third kappa shape index (κ3) is 3.70. The van der Waals surface area contributed by atoms with Gasteiger partial charge in [0.25, 0.3) is 5.91 Å². The van der Waals surface area contributed by atoms with E-state index in [0.717, 1.165) is 22.1 Å². The SMILES string of the molecule is CCOCc1ccccc1CNC(=O)c1oc2c(Cl)cccc2c1C. The lowest BCUT2D eigenvalue weighted by Crippen LogP contribution is -2.23. The number of para-hydroxylation sites is 1. The fourth-order valence-corrected chi connectivity index (χ4v) is 2.98. The van der Waals surface area contributed by atoms with Crippen LogP contribution >= 0.6 is 11.6 Å². The topological polar surface area (TPSA) is 51.5 Å². The van der Waals surface area contributed by atoms with Crippen molar-refractivity contribution in [1.82, 2.24) is 5.32 Å². The monoisotopic (exact) mass is 357 g/mol. The van der Waals surface area contributed by atoms with Crippen molar-refractivity contribution < 1.29 is 13.9 Å². The zero-order chi connectivity index (χ0) is 17.8. The molecule has 5 heteroatoms. The zero-order valence-corrected chi connectivity index (χ0v) is 15.0. The molecule has 0 atom stereocenters. The molecule has 0 saturated heterocycles. The summed E-state index contributed by atoms with van der Waals surface area (Å²) in [5, 5.41) is 4.28. The van der Waals surface area contributed by atoms with E-state index >= 15 is 0 Å². The van der Waals surface area contributed by atoms with E-state index in [-0.39, 0.29) is 5.91 Å². The lowest BCUT2D eigenvalue weighted by atomic mass is 10.1. The number of rotatable bonds is 6. The number of nitrogens with one attached hydrogen (secondary N) is 1. The van der Waals surface area contributed by atoms with Gasteiger partial charge in [-0.05, 0) is 31.0 Å². The van der Waals surface area contributed by atoms with E-state index in [9.17, 15) is 4.79 Å². The number of hydrogen-bond acceptors (Lipinski definition) is 3. The molecular weight excluding hydrogens is 338 g/mol. The van der Waals surface area contributed by atoms with Gasteiger partial charge in [0.1, 0.15) is 0 Å². The number of carbonyl (C=O) groups is 1. The van der Waals surface area contributed by atoms with Crippen molar-refractivity contribution in [3.8, 4) is 0 Å². The Kier molecular flexibility index (Phi) is 5.41. The lowest BCUT2D eigenvalue weighted by Gasteiger charge is -2.10. The van der Waals surface area contributed by atoms with Crippen LogP contribution in [0.3, 0.4) is 0 Å². The number of carbonyl (C=O) groups excluding carboxylic acids is 1. The highest BCUT2D eigenvalue weighted by atomic mass is 35.5. The molecule has 0 unspecified atom stereocenters. The fourth-order valence-electron chi connectivity index (χ4n) is 2.76. The standard InChI is InChI=1S/C20H20ClNO3/c1-3-24-12-15-8-5-4-7-14(15)11-22-20(23)18-13(2)16-9-6-10-17(21)19(16)25-18/h4-10H,3,11-12H2,1-2H3,(H,22,23). The first-order valence-corrected chi connectivity index (χ1v) is 8.60. The second-order valence-corrected chi connectivity index (χ2v) is 6.17. The average Bonchev–Trinajstić information content (AvgIpc) is 2.97. The van der Waals surface area contributed by atoms with E-state index in [1.807, 2.05) is 50.2 Å². The number of amides is 1. The molecule has 0 saturated carbocycles. The second kappa shape index (κ2) is 7.72. The van der Waals surface area contributed by atoms with Crippen molar-refractivity contribution in [2.24, 2.45) is 0 Å². The number of hydrogen-bond donors (Lipinski definition) is 1. The number of fused-ring (bicyclic) bond motifs is 1. The molecule has 1 heterocycles. The normalized spacial score (nSPS) is 11.0. The molecule has 4 nitrogen and oxygen atoms in total. The zero-order valence-electron chi connectivity index (χ0n) is 14.3. The molecule has 3 rings (SSSR count). The highest BCUT2D eigenvalue weighted by Crippen LogP contribution is 2.30. The van der Waals surface area contributed by atoms with Gasteiger partial charge in [-0.3, -0.25) is 4.79 Å². The van der Waals surface area contributed by atoms with Gasteiger partial charge in [-0.25, -0.2) is 0 Å². The Morgan fingerprint density at radius 3 is 2.64 bits per heavy atom. The molecule has 0 fully saturated rings. The van der Waals surface area contributed by atoms with Crippen LogP contribution in [-0.4, -0.2) is 12.5 Å². The Morgan fingerprint density at radius 1 is 1.16 bits per heavy atom. The summed E-state index contributed by atoms with van der Waals surface area (Å²) in [7, 11) is 0. The predicted molar refractivity (Wildman–Crippen MR) is 98.9 cm³/mol. The van der Waals surface area contributed by atoms with Gasteiger partial charge in [0.05, 0.1) is 11.6 Å². The molecule has 0 bridgehead atoms. The Balaban J connectivity index is 1.78. The van der Waals surface area contributed by atoms with Crippen LogP contribution < -0.4 is 5.32 Å². The molecule has 0 aliphatic carbocycles. The summed E-state index contributed by atoms with van der Waals surface area (Å²) in [5.74, 6) is 0.0429. The van der Waals surface area contributed by atoms with Gasteiger partial charge in [-0.2, -0.15) is 0 Å². The number of furan rings is 1. The van der Waals surface area contributed by atoms with Crippen molar-refractivity contribution in [1.29, 1.82) is 0 Å². The first-order valence-electron chi connectivity index (χ1n) is 8.22. The first kappa shape index (κ1) is 17.5. The second-order valence-electron chi connectivity index (χ2n) is 5.76. The highest BCUT2D eigenvalue weighted by Gasteiger charge is 2.19. The van der Waals surface area contributed by atoms with E-state index < -0.39 is 0 Å². The minimum absolute atomic E-state index is 0.254. The maximum atomic E-state index is 12.6. The summed E-state index contributed by atoms with van der Waals surface area (Å²) in [6, 6.07) is 13.4. The van der Waals surface area contributed by atoms with E-state index in [1.54, 1.807) is 6.07 Å². The smallest absolute Gasteiger partial charge is 0.287 e. The molecule has 0 spiro atoms. The van der Waals surface area contributed by atoms with E-state index in [4.69, 9.17) is 20.8 Å². The van der Waals surface area contributed by atoms with Crippen LogP contribution in [0.4, 0.5) is 0 Å². The minimum Gasteiger partial charge on any atom is -0.449 e. The molecule has 0 aliphatic heterocycles. The van der Waals surface area contributed by atoms with Crippen LogP contribution in [0.5, 0.6) is 0 Å². The molecule has 25 heavy (non-hydrogen) atoms. The number of aryl methyl sites for hydroxylation is 1. The van der Waals surface area contributed by atoms with Crippen molar-refractivity contribution in [2.75, 3.05) is 6.61 Å². The van der Waals surface area contributed by atoms with Crippen molar-refractivity contribution in [3.05, 3.63) is 69.9 Å². The Labute approximate surface area is 151 Å². The molecule has 130 valence electrons. The number of benzene rings is 2. The van der Waals surface area contributed by atoms with Crippen LogP contribution in [0, 0.1) is 6.92 Å². The molecule has 0 aliphatic rings. The quantitative estimate of drug-likeness (QED) is 0.685. The fraction of sp³-hybridized carbons (Fsp3) is 0.250. The Morgan fingerprint density at radius 2 is 1.92 bits per heavy atom. The van der Waals surface area contributed by atoms with Gasteiger partial charge in [-0.1, -0.05) is 48.0 Å². The summed E-state index contributed by atoms with van der Waals surface area (Å²) in [6.07, 6.45) is 0. The minimum atomic E-state index is -0.254. The van der Waals surface area contributed by atoms with Crippen LogP contribution in [0.1, 0.15) is 34.2 Å². The molecule has 1 N–H and O–H groups in total. The molecule has 1 aromatic heterocycles. The lowest BCUT2D eigenvalue weighted by molar-refractivity contribution is 0.0923. The van der Waals surface area contributed by atoms with E-state index in [0.29, 0.717) is 36.1 Å². The number of ether oxygens (including phenoxy) is 1. The predicted octanol–water partition coefficient (Wildman–Crippen LogP) is 4.86. The number of halogens is 1. The maximum absolute atomic E-state index is 12.6. The Hall–Kier alpha value is -2.30. The highest BCUT2D eigenvalue weighted by molar-refractivity contribution is 6.35. The molecular formula is C20H20ClNO3. The van der Waals surface area contributed by atoms with Gasteiger partial charge < -0.3 is 14.5 Å². The Bertz CT molecular complexity index is 901. The molecule has 2 aromatic carbocycles. The molecule has 0 radical (unpaired) electrons. The van der Waals surface area contributed by atoms with Gasteiger partial charge in [0.2, 0.25) is 0 Å². The summed E-state index contributed by atoms with van der Waals surface area (Å²) in [4.78, 5) is 12.6. The van der Waals surface area contributed by atoms with Gasteiger partial charge in [-0.15, -0.1) is 0 Å². The van der Waals surface area contributed by atoms with Gasteiger partial charge in [0, 0.05) is 24.1 Å². The summed E-state index contributed by atoms with van der Waals surface area (Å²) in [6.45, 7) is 5.41. The van der Waals surface area contributed by atoms with Crippen LogP contribution in [0.25, 0.3) is 11.0 Å². The van der Waals surface area contributed by atoms with Gasteiger partial charge in [0.15, 0.2) is 11.3 Å². The largest absolute Gasteiger partial charge is 0.449 e. The third-order valence-corrected chi connectivity index (χ3v) is 4.44. The van der Waals surface area contributed by atoms with Gasteiger partial charge >= 0.3 is 0 Å². The first-order chi connectivity index (χ1) is 12.1. The third-order valence-electron chi connectivity index (χ3n) is 4.14. The van der Waals surface area contributed by atoms with Crippen LogP contribution in [-0.2, 0) is 17.9 Å². The van der Waals surface area contributed by atoms with Crippen molar-refractivity contribution in [3.63, 3.8) is 0 Å².